The van der Waals surface area contributed by atoms with Gasteiger partial charge in [-0.05, 0) is 31.2 Å². The maximum Gasteiger partial charge on any atom is 0.329 e. The molecule has 0 bridgehead atoms. The van der Waals surface area contributed by atoms with Crippen LogP contribution in [-0.4, -0.2) is 46.1 Å². The summed E-state index contributed by atoms with van der Waals surface area (Å²) in [5.74, 6) is 0.00354. The van der Waals surface area contributed by atoms with E-state index in [4.69, 9.17) is 0 Å². The van der Waals surface area contributed by atoms with Crippen molar-refractivity contribution in [3.05, 3.63) is 65.1 Å². The lowest BCUT2D eigenvalue weighted by atomic mass is 10.2. The summed E-state index contributed by atoms with van der Waals surface area (Å²) in [5.41, 5.74) is 2.77. The number of fused-ring (bicyclic) bond motifs is 1. The molecule has 6 heteroatoms. The van der Waals surface area contributed by atoms with Crippen LogP contribution in [0.25, 0.3) is 11.0 Å². The molecule has 27 heavy (non-hydrogen) atoms. The monoisotopic (exact) mass is 364 g/mol. The van der Waals surface area contributed by atoms with Gasteiger partial charge < -0.3 is 9.80 Å². The minimum atomic E-state index is -0.116. The summed E-state index contributed by atoms with van der Waals surface area (Å²) >= 11 is 0. The Labute approximate surface area is 158 Å². The first-order valence-electron chi connectivity index (χ1n) is 9.45. The predicted molar refractivity (Wildman–Crippen MR) is 107 cm³/mol. The van der Waals surface area contributed by atoms with E-state index in [0.717, 1.165) is 24.1 Å². The van der Waals surface area contributed by atoms with Crippen molar-refractivity contribution in [3.63, 3.8) is 0 Å². The van der Waals surface area contributed by atoms with E-state index >= 15 is 0 Å². The number of hydrogen-bond donors (Lipinski definition) is 0. The fourth-order valence-electron chi connectivity index (χ4n) is 3.82. The van der Waals surface area contributed by atoms with Crippen molar-refractivity contribution in [2.75, 3.05) is 31.1 Å². The maximum absolute atomic E-state index is 12.8. The normalized spacial score (nSPS) is 14.7. The van der Waals surface area contributed by atoms with Crippen molar-refractivity contribution < 1.29 is 4.79 Å². The highest BCUT2D eigenvalue weighted by atomic mass is 16.2. The summed E-state index contributed by atoms with van der Waals surface area (Å²) in [4.78, 5) is 29.7. The first kappa shape index (κ1) is 17.4. The molecule has 3 aromatic rings. The van der Waals surface area contributed by atoms with Crippen LogP contribution in [-0.2, 0) is 17.9 Å². The molecule has 1 saturated heterocycles. The van der Waals surface area contributed by atoms with Crippen LogP contribution in [0.2, 0.25) is 0 Å². The van der Waals surface area contributed by atoms with Gasteiger partial charge in [-0.1, -0.05) is 30.3 Å². The molecule has 6 nitrogen and oxygen atoms in total. The second kappa shape index (κ2) is 7.31. The zero-order valence-corrected chi connectivity index (χ0v) is 15.5. The van der Waals surface area contributed by atoms with Gasteiger partial charge in [0.15, 0.2) is 0 Å². The average molecular weight is 364 g/mol. The highest BCUT2D eigenvalue weighted by Crippen LogP contribution is 2.17. The largest absolute Gasteiger partial charge is 0.368 e. The molecule has 140 valence electrons. The summed E-state index contributed by atoms with van der Waals surface area (Å²) in [5, 5.41) is 0. The number of hydrogen-bond acceptors (Lipinski definition) is 3. The number of nitrogens with zero attached hydrogens (tertiary/aromatic N) is 4. The van der Waals surface area contributed by atoms with Gasteiger partial charge in [-0.25, -0.2) is 4.79 Å². The van der Waals surface area contributed by atoms with Gasteiger partial charge in [0.05, 0.1) is 11.0 Å². The molecule has 0 unspecified atom stereocenters. The number of benzene rings is 2. The van der Waals surface area contributed by atoms with Crippen molar-refractivity contribution >= 4 is 22.6 Å². The van der Waals surface area contributed by atoms with Gasteiger partial charge in [0, 0.05) is 38.4 Å². The molecule has 0 atom stereocenters. The van der Waals surface area contributed by atoms with Crippen LogP contribution >= 0.6 is 0 Å². The van der Waals surface area contributed by atoms with Gasteiger partial charge in [0.2, 0.25) is 5.91 Å². The van der Waals surface area contributed by atoms with Crippen LogP contribution in [0.4, 0.5) is 5.69 Å². The molecule has 2 aromatic carbocycles. The van der Waals surface area contributed by atoms with Gasteiger partial charge in [0.25, 0.3) is 0 Å². The van der Waals surface area contributed by atoms with Gasteiger partial charge in [-0.2, -0.15) is 0 Å². The minimum Gasteiger partial charge on any atom is -0.368 e. The number of carbonyl (C=O) groups excluding carboxylic acids is 1. The topological polar surface area (TPSA) is 50.5 Å². The number of imidazole rings is 1. The second-order valence-electron chi connectivity index (χ2n) is 6.81. The van der Waals surface area contributed by atoms with E-state index in [0.29, 0.717) is 19.6 Å². The predicted octanol–water partition coefficient (Wildman–Crippen LogP) is 2.17. The van der Waals surface area contributed by atoms with Crippen LogP contribution in [0.1, 0.15) is 6.92 Å². The Balaban J connectivity index is 1.49. The van der Waals surface area contributed by atoms with E-state index < -0.39 is 0 Å². The zero-order chi connectivity index (χ0) is 18.8. The summed E-state index contributed by atoms with van der Waals surface area (Å²) in [6, 6.07) is 17.9. The van der Waals surface area contributed by atoms with Gasteiger partial charge in [0.1, 0.15) is 6.54 Å². The number of rotatable bonds is 4. The molecule has 4 rings (SSSR count). The van der Waals surface area contributed by atoms with Crippen molar-refractivity contribution in [1.82, 2.24) is 14.0 Å². The summed E-state index contributed by atoms with van der Waals surface area (Å²) in [7, 11) is 0. The Kier molecular flexibility index (Phi) is 4.71. The standard InChI is InChI=1S/C21H24N4O2/c1-2-24-18-10-6-7-11-19(18)25(21(24)27)16-20(26)23-14-12-22(13-15-23)17-8-4-3-5-9-17/h3-11H,2,12-16H2,1H3. The van der Waals surface area contributed by atoms with Crippen LogP contribution in [0, 0.1) is 0 Å². The van der Waals surface area contributed by atoms with E-state index in [1.165, 1.54) is 5.69 Å². The lowest BCUT2D eigenvalue weighted by Gasteiger charge is -2.36. The van der Waals surface area contributed by atoms with Crippen LogP contribution in [0.15, 0.2) is 59.4 Å². The van der Waals surface area contributed by atoms with E-state index in [9.17, 15) is 9.59 Å². The number of carbonyl (C=O) groups is 1. The van der Waals surface area contributed by atoms with Crippen molar-refractivity contribution in [3.8, 4) is 0 Å². The number of aryl methyl sites for hydroxylation is 1. The molecule has 1 aromatic heterocycles. The Morgan fingerprint density at radius 1 is 0.852 bits per heavy atom. The molecule has 1 aliphatic heterocycles. The van der Waals surface area contributed by atoms with E-state index in [-0.39, 0.29) is 18.1 Å². The molecular weight excluding hydrogens is 340 g/mol. The summed E-state index contributed by atoms with van der Waals surface area (Å²) in [6.45, 7) is 5.60. The molecule has 1 aliphatic rings. The number of anilines is 1. The van der Waals surface area contributed by atoms with Crippen molar-refractivity contribution in [2.24, 2.45) is 0 Å². The van der Waals surface area contributed by atoms with E-state index in [1.807, 2.05) is 54.3 Å². The lowest BCUT2D eigenvalue weighted by Crippen LogP contribution is -2.50. The van der Waals surface area contributed by atoms with E-state index in [2.05, 4.69) is 17.0 Å². The average Bonchev–Trinajstić information content (AvgIpc) is 2.99. The minimum absolute atomic E-state index is 0.00354. The number of piperazine rings is 1. The van der Waals surface area contributed by atoms with Gasteiger partial charge in [-0.15, -0.1) is 0 Å². The SMILES string of the molecule is CCn1c(=O)n(CC(=O)N2CCN(c3ccccc3)CC2)c2ccccc21. The molecule has 1 amide bonds. The molecule has 0 aliphatic carbocycles. The third-order valence-corrected chi connectivity index (χ3v) is 5.29. The fraction of sp³-hybridized carbons (Fsp3) is 0.333. The fourth-order valence-corrected chi connectivity index (χ4v) is 3.82. The zero-order valence-electron chi connectivity index (χ0n) is 15.5. The summed E-state index contributed by atoms with van der Waals surface area (Å²) < 4.78 is 3.32. The van der Waals surface area contributed by atoms with Crippen LogP contribution < -0.4 is 10.6 Å². The number of amides is 1. The van der Waals surface area contributed by atoms with Crippen molar-refractivity contribution in [1.29, 1.82) is 0 Å². The second-order valence-corrected chi connectivity index (χ2v) is 6.81. The Bertz CT molecular complexity index is 998. The maximum atomic E-state index is 12.8. The quantitative estimate of drug-likeness (QED) is 0.713. The number of aromatic nitrogens is 2. The lowest BCUT2D eigenvalue weighted by molar-refractivity contribution is -0.132. The molecule has 2 heterocycles. The Morgan fingerprint density at radius 3 is 2.07 bits per heavy atom. The molecule has 0 N–H and O–H groups in total. The highest BCUT2D eigenvalue weighted by Gasteiger charge is 2.23. The number of para-hydroxylation sites is 3. The van der Waals surface area contributed by atoms with Gasteiger partial charge >= 0.3 is 5.69 Å². The van der Waals surface area contributed by atoms with E-state index in [1.54, 1.807) is 9.13 Å². The highest BCUT2D eigenvalue weighted by molar-refractivity contribution is 5.81. The third kappa shape index (κ3) is 3.23. The third-order valence-electron chi connectivity index (χ3n) is 5.29. The summed E-state index contributed by atoms with van der Waals surface area (Å²) in [6.07, 6.45) is 0. The molecule has 0 saturated carbocycles. The smallest absolute Gasteiger partial charge is 0.329 e. The van der Waals surface area contributed by atoms with Crippen LogP contribution in [0.3, 0.4) is 0 Å². The molecular formula is C21H24N4O2. The first-order chi connectivity index (χ1) is 13.2. The van der Waals surface area contributed by atoms with Gasteiger partial charge in [-0.3, -0.25) is 13.9 Å². The first-order valence-corrected chi connectivity index (χ1v) is 9.45. The molecule has 1 fully saturated rings. The molecule has 0 spiro atoms. The van der Waals surface area contributed by atoms with Crippen LogP contribution in [0.5, 0.6) is 0 Å². The molecule has 0 radical (unpaired) electrons. The Morgan fingerprint density at radius 2 is 1.44 bits per heavy atom. The van der Waals surface area contributed by atoms with Crippen molar-refractivity contribution in [2.45, 2.75) is 20.0 Å². The Hall–Kier alpha value is -3.02.